The summed E-state index contributed by atoms with van der Waals surface area (Å²) in [5.74, 6) is 1.99. The summed E-state index contributed by atoms with van der Waals surface area (Å²) in [5, 5.41) is 1.34. The Morgan fingerprint density at radius 1 is 0.833 bits per heavy atom. The Labute approximate surface area is 181 Å². The molecule has 0 bridgehead atoms. The van der Waals surface area contributed by atoms with Gasteiger partial charge in [-0.25, -0.2) is 0 Å². The van der Waals surface area contributed by atoms with E-state index in [0.717, 1.165) is 36.7 Å². The van der Waals surface area contributed by atoms with Crippen molar-refractivity contribution in [3.63, 3.8) is 0 Å². The van der Waals surface area contributed by atoms with Gasteiger partial charge in [0.1, 0.15) is 19.6 Å². The van der Waals surface area contributed by atoms with E-state index in [1.165, 1.54) is 27.6 Å². The standard InChI is InChI=1S/C26H24O2P2/c1-2-10-20(11-3-1)21-12-4-7-15-24(21)27-29-18-19-30-26-17-9-6-14-23(26)22-13-5-8-16-25(22)28-30/h2,4-17,29H,1,3,18-19H2. The van der Waals surface area contributed by atoms with Crippen LogP contribution in [0.15, 0.2) is 91.0 Å². The van der Waals surface area contributed by atoms with Crippen molar-refractivity contribution >= 4 is 27.8 Å². The van der Waals surface area contributed by atoms with Gasteiger partial charge >= 0.3 is 0 Å². The monoisotopic (exact) mass is 430 g/mol. The molecular formula is C26H24O2P2. The zero-order valence-corrected chi connectivity index (χ0v) is 18.6. The van der Waals surface area contributed by atoms with Crippen molar-refractivity contribution < 1.29 is 9.05 Å². The minimum absolute atomic E-state index is 0.420. The van der Waals surface area contributed by atoms with E-state index >= 15 is 0 Å². The lowest BCUT2D eigenvalue weighted by molar-refractivity contribution is 0.617. The van der Waals surface area contributed by atoms with Gasteiger partial charge in [-0.15, -0.1) is 0 Å². The maximum atomic E-state index is 6.43. The van der Waals surface area contributed by atoms with E-state index in [4.69, 9.17) is 9.05 Å². The molecule has 1 aliphatic carbocycles. The quantitative estimate of drug-likeness (QED) is 0.305. The third kappa shape index (κ3) is 4.08. The van der Waals surface area contributed by atoms with Crippen LogP contribution in [0.4, 0.5) is 0 Å². The van der Waals surface area contributed by atoms with Gasteiger partial charge in [0.25, 0.3) is 0 Å². The largest absolute Gasteiger partial charge is 0.477 e. The van der Waals surface area contributed by atoms with E-state index < -0.39 is 8.15 Å². The molecule has 1 heterocycles. The molecule has 0 N–H and O–H groups in total. The van der Waals surface area contributed by atoms with E-state index in [0.29, 0.717) is 8.81 Å². The van der Waals surface area contributed by atoms with Gasteiger partial charge in [0, 0.05) is 28.8 Å². The Balaban J connectivity index is 1.26. The SMILES string of the molecule is C1=CC(c2ccccc2OPCCP2Oc3ccccc3-c3ccccc32)=CCC1. The van der Waals surface area contributed by atoms with Gasteiger partial charge < -0.3 is 9.05 Å². The van der Waals surface area contributed by atoms with Gasteiger partial charge in [0.2, 0.25) is 0 Å². The first-order valence-corrected chi connectivity index (χ1v) is 13.0. The van der Waals surface area contributed by atoms with Crippen LogP contribution < -0.4 is 14.4 Å². The zero-order chi connectivity index (χ0) is 20.2. The lowest BCUT2D eigenvalue weighted by atomic mass is 9.99. The molecule has 0 fully saturated rings. The fourth-order valence-electron chi connectivity index (χ4n) is 3.90. The maximum Gasteiger partial charge on any atom is 0.131 e. The predicted molar refractivity (Wildman–Crippen MR) is 131 cm³/mol. The molecule has 3 aromatic carbocycles. The Kier molecular flexibility index (Phi) is 5.98. The molecule has 3 aromatic rings. The van der Waals surface area contributed by atoms with Crippen LogP contribution in [0.3, 0.4) is 0 Å². The lowest BCUT2D eigenvalue weighted by Crippen LogP contribution is -2.16. The molecule has 5 rings (SSSR count). The van der Waals surface area contributed by atoms with Crippen molar-refractivity contribution in [2.24, 2.45) is 0 Å². The minimum atomic E-state index is -0.670. The summed E-state index contributed by atoms with van der Waals surface area (Å²) in [6.07, 6.45) is 11.0. The van der Waals surface area contributed by atoms with Crippen LogP contribution in [-0.4, -0.2) is 12.3 Å². The second-order valence-corrected chi connectivity index (χ2v) is 10.2. The fraction of sp³-hybridized carbons (Fsp3) is 0.154. The molecule has 0 amide bonds. The Morgan fingerprint density at radius 3 is 2.47 bits per heavy atom. The summed E-state index contributed by atoms with van der Waals surface area (Å²) in [6, 6.07) is 25.4. The highest BCUT2D eigenvalue weighted by molar-refractivity contribution is 7.62. The van der Waals surface area contributed by atoms with Crippen LogP contribution >= 0.6 is 17.0 Å². The van der Waals surface area contributed by atoms with Crippen molar-refractivity contribution in [3.8, 4) is 22.6 Å². The first kappa shape index (κ1) is 19.6. The maximum absolute atomic E-state index is 6.43. The summed E-state index contributed by atoms with van der Waals surface area (Å²) >= 11 is 0. The Bertz CT molecular complexity index is 1100. The van der Waals surface area contributed by atoms with Crippen LogP contribution in [0.1, 0.15) is 18.4 Å². The smallest absolute Gasteiger partial charge is 0.131 e. The fourth-order valence-corrected chi connectivity index (χ4v) is 7.06. The second-order valence-electron chi connectivity index (χ2n) is 7.34. The highest BCUT2D eigenvalue weighted by Crippen LogP contribution is 2.49. The van der Waals surface area contributed by atoms with Crippen molar-refractivity contribution in [2.45, 2.75) is 12.8 Å². The average Bonchev–Trinajstić information content (AvgIpc) is 2.82. The van der Waals surface area contributed by atoms with E-state index in [9.17, 15) is 0 Å². The normalized spacial score (nSPS) is 17.2. The molecule has 2 nitrogen and oxygen atoms in total. The number of para-hydroxylation sites is 2. The molecule has 0 radical (unpaired) electrons. The van der Waals surface area contributed by atoms with Crippen LogP contribution in [0, 0.1) is 0 Å². The van der Waals surface area contributed by atoms with Crippen molar-refractivity contribution in [1.82, 2.24) is 0 Å². The van der Waals surface area contributed by atoms with Gasteiger partial charge in [-0.3, -0.25) is 0 Å². The molecule has 0 spiro atoms. The van der Waals surface area contributed by atoms with Gasteiger partial charge in [0.15, 0.2) is 0 Å². The molecule has 1 aliphatic heterocycles. The van der Waals surface area contributed by atoms with E-state index in [1.807, 2.05) is 0 Å². The summed E-state index contributed by atoms with van der Waals surface area (Å²) in [5.41, 5.74) is 4.98. The number of fused-ring (bicyclic) bond motifs is 3. The van der Waals surface area contributed by atoms with Crippen LogP contribution in [0.5, 0.6) is 11.5 Å². The predicted octanol–water partition coefficient (Wildman–Crippen LogP) is 7.17. The number of rotatable bonds is 6. The summed E-state index contributed by atoms with van der Waals surface area (Å²) in [6.45, 7) is 0. The molecule has 150 valence electrons. The molecule has 0 saturated carbocycles. The lowest BCUT2D eigenvalue weighted by Gasteiger charge is -2.28. The molecule has 0 aromatic heterocycles. The third-order valence-electron chi connectivity index (χ3n) is 5.35. The summed E-state index contributed by atoms with van der Waals surface area (Å²) in [7, 11) is -0.250. The Hall–Kier alpha value is -2.40. The first-order chi connectivity index (χ1) is 14.9. The first-order valence-electron chi connectivity index (χ1n) is 10.4. The molecule has 30 heavy (non-hydrogen) atoms. The van der Waals surface area contributed by atoms with Crippen molar-refractivity contribution in [3.05, 3.63) is 96.6 Å². The van der Waals surface area contributed by atoms with Crippen molar-refractivity contribution in [1.29, 1.82) is 0 Å². The molecule has 2 unspecified atom stereocenters. The van der Waals surface area contributed by atoms with Gasteiger partial charge in [-0.2, -0.15) is 0 Å². The molecule has 4 heteroatoms. The Morgan fingerprint density at radius 2 is 1.60 bits per heavy atom. The summed E-state index contributed by atoms with van der Waals surface area (Å²) in [4.78, 5) is 0. The van der Waals surface area contributed by atoms with Crippen LogP contribution in [0.25, 0.3) is 16.7 Å². The van der Waals surface area contributed by atoms with E-state index in [1.54, 1.807) is 0 Å². The average molecular weight is 430 g/mol. The topological polar surface area (TPSA) is 18.5 Å². The van der Waals surface area contributed by atoms with Gasteiger partial charge in [-0.05, 0) is 36.1 Å². The van der Waals surface area contributed by atoms with Gasteiger partial charge in [-0.1, -0.05) is 78.9 Å². The van der Waals surface area contributed by atoms with Crippen LogP contribution in [0.2, 0.25) is 0 Å². The number of hydrogen-bond donors (Lipinski definition) is 0. The number of hydrogen-bond acceptors (Lipinski definition) is 2. The molecule has 2 aliphatic rings. The minimum Gasteiger partial charge on any atom is -0.477 e. The van der Waals surface area contributed by atoms with E-state index in [2.05, 4.69) is 91.0 Å². The van der Waals surface area contributed by atoms with Crippen LogP contribution in [-0.2, 0) is 0 Å². The second kappa shape index (κ2) is 9.17. The number of benzene rings is 3. The highest BCUT2D eigenvalue weighted by Gasteiger charge is 2.25. The number of allylic oxidation sites excluding steroid dienone is 4. The van der Waals surface area contributed by atoms with Crippen molar-refractivity contribution in [2.75, 3.05) is 12.3 Å². The molecule has 2 atom stereocenters. The van der Waals surface area contributed by atoms with E-state index in [-0.39, 0.29) is 0 Å². The van der Waals surface area contributed by atoms with Gasteiger partial charge in [0.05, 0.1) is 8.81 Å². The molecular weight excluding hydrogens is 406 g/mol. The zero-order valence-electron chi connectivity index (χ0n) is 16.8. The summed E-state index contributed by atoms with van der Waals surface area (Å²) < 4.78 is 12.7. The third-order valence-corrected chi connectivity index (χ3v) is 8.56. The highest BCUT2D eigenvalue weighted by atomic mass is 31.1. The molecule has 0 saturated heterocycles.